The topological polar surface area (TPSA) is 13.1 Å². The van der Waals surface area contributed by atoms with Crippen molar-refractivity contribution < 1.29 is 9.30 Å². The van der Waals surface area contributed by atoms with Gasteiger partial charge in [0.1, 0.15) is 18.5 Å². The van der Waals surface area contributed by atoms with Gasteiger partial charge in [0.15, 0.2) is 6.20 Å². The Bertz CT molecular complexity index is 1390. The number of hydrogen-bond acceptors (Lipinski definition) is 1. The highest BCUT2D eigenvalue weighted by atomic mass is 28.3. The Hall–Kier alpha value is -2.65. The molecule has 158 valence electrons. The first kappa shape index (κ1) is 20.3. The molecule has 4 aromatic rings. The van der Waals surface area contributed by atoms with Gasteiger partial charge in [-0.05, 0) is 53.1 Å². The van der Waals surface area contributed by atoms with Gasteiger partial charge in [0, 0.05) is 11.6 Å². The van der Waals surface area contributed by atoms with Gasteiger partial charge in [-0.2, -0.15) is 0 Å². The Morgan fingerprint density at radius 1 is 0.935 bits per heavy atom. The van der Waals surface area contributed by atoms with Gasteiger partial charge in [0.05, 0.1) is 19.0 Å². The van der Waals surface area contributed by atoms with Gasteiger partial charge < -0.3 is 4.74 Å². The van der Waals surface area contributed by atoms with Crippen molar-refractivity contribution in [2.75, 3.05) is 0 Å². The SMILES string of the molecule is Cc1c2c(c(C)c3c([Si](C)(C)C)cccc13)Oc1cc(C(C)C)cc3cc[n+](C)c-2c13. The fourth-order valence-electron chi connectivity index (χ4n) is 5.22. The first-order valence-corrected chi connectivity index (χ1v) is 14.8. The van der Waals surface area contributed by atoms with Gasteiger partial charge in [-0.1, -0.05) is 62.9 Å². The van der Waals surface area contributed by atoms with E-state index in [-0.39, 0.29) is 0 Å². The zero-order valence-electron chi connectivity index (χ0n) is 20.0. The minimum Gasteiger partial charge on any atom is -0.455 e. The Labute approximate surface area is 186 Å². The summed E-state index contributed by atoms with van der Waals surface area (Å²) in [6.45, 7) is 16.3. The van der Waals surface area contributed by atoms with E-state index in [4.69, 9.17) is 4.74 Å². The number of ether oxygens (including phenoxy) is 1. The minimum absolute atomic E-state index is 0.459. The van der Waals surface area contributed by atoms with E-state index in [1.807, 2.05) is 0 Å². The van der Waals surface area contributed by atoms with Crippen molar-refractivity contribution in [2.24, 2.45) is 7.05 Å². The number of benzene rings is 3. The highest BCUT2D eigenvalue weighted by Gasteiger charge is 2.33. The van der Waals surface area contributed by atoms with Crippen LogP contribution in [-0.2, 0) is 7.05 Å². The standard InChI is InChI=1S/C28H32NOSi/c1-16(2)20-14-19-12-13-29(5)27-25-17(3)21-10-9-11-23(31(6,7)8)24(21)18(4)28(25)30-22(15-20)26(19)27/h9-16H,1-8H3/q+1. The summed E-state index contributed by atoms with van der Waals surface area (Å²) in [5, 5.41) is 6.76. The third-order valence-corrected chi connectivity index (χ3v) is 8.96. The van der Waals surface area contributed by atoms with Crippen LogP contribution >= 0.6 is 0 Å². The molecule has 0 N–H and O–H groups in total. The zero-order valence-corrected chi connectivity index (χ0v) is 21.0. The highest BCUT2D eigenvalue weighted by Crippen LogP contribution is 2.50. The molecule has 0 unspecified atom stereocenters. The van der Waals surface area contributed by atoms with Crippen LogP contribution in [0.3, 0.4) is 0 Å². The molecule has 0 atom stereocenters. The van der Waals surface area contributed by atoms with Crippen LogP contribution < -0.4 is 14.5 Å². The van der Waals surface area contributed by atoms with Gasteiger partial charge in [0.2, 0.25) is 5.69 Å². The number of pyridine rings is 1. The lowest BCUT2D eigenvalue weighted by Crippen LogP contribution is -2.38. The fourth-order valence-corrected chi connectivity index (χ4v) is 6.89. The van der Waals surface area contributed by atoms with Crippen LogP contribution in [0.15, 0.2) is 42.6 Å². The van der Waals surface area contributed by atoms with E-state index in [2.05, 4.69) is 102 Å². The molecule has 0 spiro atoms. The summed E-state index contributed by atoms with van der Waals surface area (Å²) in [6.07, 6.45) is 2.19. The molecule has 31 heavy (non-hydrogen) atoms. The lowest BCUT2D eigenvalue weighted by molar-refractivity contribution is -0.659. The molecule has 0 saturated heterocycles. The molecule has 0 bridgehead atoms. The Morgan fingerprint density at radius 3 is 2.35 bits per heavy atom. The van der Waals surface area contributed by atoms with Crippen molar-refractivity contribution in [2.45, 2.75) is 53.3 Å². The van der Waals surface area contributed by atoms with Crippen molar-refractivity contribution in [3.63, 3.8) is 0 Å². The Kier molecular flexibility index (Phi) is 4.36. The van der Waals surface area contributed by atoms with Gasteiger partial charge in [-0.3, -0.25) is 0 Å². The van der Waals surface area contributed by atoms with E-state index in [1.165, 1.54) is 54.7 Å². The summed E-state index contributed by atoms with van der Waals surface area (Å²) < 4.78 is 9.05. The maximum Gasteiger partial charge on any atom is 0.228 e. The summed E-state index contributed by atoms with van der Waals surface area (Å²) in [5.74, 6) is 2.49. The van der Waals surface area contributed by atoms with Gasteiger partial charge in [-0.15, -0.1) is 0 Å². The number of aromatic nitrogens is 1. The van der Waals surface area contributed by atoms with E-state index in [0.29, 0.717) is 5.92 Å². The van der Waals surface area contributed by atoms with Gasteiger partial charge in [0.25, 0.3) is 0 Å². The summed E-state index contributed by atoms with van der Waals surface area (Å²) >= 11 is 0. The average molecular weight is 427 g/mol. The number of fused-ring (bicyclic) bond motifs is 3. The smallest absolute Gasteiger partial charge is 0.228 e. The molecule has 2 nitrogen and oxygen atoms in total. The van der Waals surface area contributed by atoms with E-state index in [1.54, 1.807) is 0 Å². The Balaban J connectivity index is 1.97. The second kappa shape index (κ2) is 6.67. The first-order valence-electron chi connectivity index (χ1n) is 11.3. The monoisotopic (exact) mass is 426 g/mol. The summed E-state index contributed by atoms with van der Waals surface area (Å²) in [5.41, 5.74) is 6.42. The molecule has 1 aliphatic heterocycles. The van der Waals surface area contributed by atoms with E-state index < -0.39 is 8.07 Å². The molecule has 1 aromatic heterocycles. The lowest BCUT2D eigenvalue weighted by atomic mass is 9.88. The molecular weight excluding hydrogens is 394 g/mol. The van der Waals surface area contributed by atoms with Crippen molar-refractivity contribution in [1.82, 2.24) is 0 Å². The maximum atomic E-state index is 6.78. The first-order chi connectivity index (χ1) is 14.6. The van der Waals surface area contributed by atoms with Crippen LogP contribution in [0.1, 0.15) is 36.5 Å². The number of aryl methyl sites for hydroxylation is 3. The minimum atomic E-state index is -1.51. The van der Waals surface area contributed by atoms with Gasteiger partial charge >= 0.3 is 0 Å². The second-order valence-corrected chi connectivity index (χ2v) is 15.5. The molecule has 3 aromatic carbocycles. The molecule has 0 radical (unpaired) electrons. The fraction of sp³-hybridized carbons (Fsp3) is 0.321. The zero-order chi connectivity index (χ0) is 22.2. The van der Waals surface area contributed by atoms with Gasteiger partial charge in [-0.25, -0.2) is 4.57 Å². The molecule has 1 aliphatic rings. The predicted octanol–water partition coefficient (Wildman–Crippen LogP) is 6.88. The van der Waals surface area contributed by atoms with Crippen molar-refractivity contribution in [3.8, 4) is 22.8 Å². The van der Waals surface area contributed by atoms with Crippen LogP contribution in [0.2, 0.25) is 19.6 Å². The third-order valence-electron chi connectivity index (χ3n) is 6.93. The summed E-state index contributed by atoms with van der Waals surface area (Å²) in [6, 6.07) is 13.7. The van der Waals surface area contributed by atoms with Crippen molar-refractivity contribution >= 4 is 34.8 Å². The molecule has 5 rings (SSSR count). The third kappa shape index (κ3) is 2.86. The van der Waals surface area contributed by atoms with E-state index >= 15 is 0 Å². The quantitative estimate of drug-likeness (QED) is 0.222. The van der Waals surface area contributed by atoms with Crippen LogP contribution in [0.25, 0.3) is 32.8 Å². The lowest BCUT2D eigenvalue weighted by Gasteiger charge is -2.27. The van der Waals surface area contributed by atoms with E-state index in [9.17, 15) is 0 Å². The number of nitrogens with zero attached hydrogens (tertiary/aromatic N) is 1. The normalized spacial score (nSPS) is 13.1. The van der Waals surface area contributed by atoms with Crippen LogP contribution in [0.5, 0.6) is 11.5 Å². The van der Waals surface area contributed by atoms with E-state index in [0.717, 1.165) is 11.5 Å². The molecular formula is C28H32NOSi+. The summed E-state index contributed by atoms with van der Waals surface area (Å²) in [7, 11) is 0.641. The molecule has 0 saturated carbocycles. The van der Waals surface area contributed by atoms with Crippen molar-refractivity contribution in [3.05, 3.63) is 59.3 Å². The van der Waals surface area contributed by atoms with Crippen molar-refractivity contribution in [1.29, 1.82) is 0 Å². The Morgan fingerprint density at radius 2 is 1.68 bits per heavy atom. The highest BCUT2D eigenvalue weighted by molar-refractivity contribution is 6.90. The van der Waals surface area contributed by atoms with Crippen LogP contribution in [-0.4, -0.2) is 8.07 Å². The van der Waals surface area contributed by atoms with Crippen LogP contribution in [0.4, 0.5) is 0 Å². The predicted molar refractivity (Wildman–Crippen MR) is 135 cm³/mol. The molecule has 2 heterocycles. The maximum absolute atomic E-state index is 6.78. The van der Waals surface area contributed by atoms with Crippen LogP contribution in [0, 0.1) is 13.8 Å². The summed E-state index contributed by atoms with van der Waals surface area (Å²) in [4.78, 5) is 0. The molecule has 0 amide bonds. The largest absolute Gasteiger partial charge is 0.455 e. The molecule has 0 fully saturated rings. The molecule has 3 heteroatoms. The average Bonchev–Trinajstić information content (AvgIpc) is 2.72. The second-order valence-electron chi connectivity index (χ2n) is 10.4. The number of rotatable bonds is 2. The molecule has 0 aliphatic carbocycles. The number of hydrogen-bond donors (Lipinski definition) is 0.